The molecular weight excluding hydrogens is 296 g/mol. The van der Waals surface area contributed by atoms with E-state index in [1.807, 2.05) is 6.92 Å². The van der Waals surface area contributed by atoms with Crippen molar-refractivity contribution in [2.75, 3.05) is 6.54 Å². The van der Waals surface area contributed by atoms with Crippen LogP contribution in [0.15, 0.2) is 27.5 Å². The van der Waals surface area contributed by atoms with Gasteiger partial charge in [0.1, 0.15) is 11.6 Å². The number of aromatic amines is 1. The second-order valence-corrected chi connectivity index (χ2v) is 4.87. The fourth-order valence-corrected chi connectivity index (χ4v) is 2.01. The van der Waals surface area contributed by atoms with Gasteiger partial charge in [0.2, 0.25) is 5.82 Å². The third-order valence-corrected chi connectivity index (χ3v) is 3.31. The van der Waals surface area contributed by atoms with Crippen LogP contribution >= 0.6 is 0 Å². The summed E-state index contributed by atoms with van der Waals surface area (Å²) in [4.78, 5) is 24.6. The molecule has 0 radical (unpaired) electrons. The number of H-pyrrole nitrogens is 1. The maximum absolute atomic E-state index is 13.6. The molecule has 1 aromatic carbocycles. The lowest BCUT2D eigenvalue weighted by molar-refractivity contribution is 0.0933. The fourth-order valence-electron chi connectivity index (χ4n) is 2.01. The fraction of sp³-hybridized carbons (Fsp3) is 0.357. The third-order valence-electron chi connectivity index (χ3n) is 3.31. The summed E-state index contributed by atoms with van der Waals surface area (Å²) < 4.78 is 30.7. The molecule has 0 aliphatic carbocycles. The van der Waals surface area contributed by atoms with E-state index < -0.39 is 23.3 Å². The van der Waals surface area contributed by atoms with Crippen molar-refractivity contribution in [1.29, 1.82) is 0 Å². The van der Waals surface area contributed by atoms with E-state index >= 15 is 0 Å². The Morgan fingerprint density at radius 2 is 2.23 bits per heavy atom. The topological polar surface area (TPSA) is 88.0 Å². The molecule has 1 amide bonds. The SMILES string of the molecule is CCC(CNC(=O)c1noc(=O)[nH]1)Cc1ccc(F)cc1F. The molecule has 2 aromatic rings. The van der Waals surface area contributed by atoms with Gasteiger partial charge in [-0.1, -0.05) is 19.4 Å². The van der Waals surface area contributed by atoms with Crippen LogP contribution in [0.2, 0.25) is 0 Å². The minimum Gasteiger partial charge on any atom is -0.349 e. The summed E-state index contributed by atoms with van der Waals surface area (Å²) in [5.74, 6) is -2.88. The summed E-state index contributed by atoms with van der Waals surface area (Å²) in [5, 5.41) is 5.86. The van der Waals surface area contributed by atoms with Crippen LogP contribution in [0.5, 0.6) is 0 Å². The lowest BCUT2D eigenvalue weighted by Crippen LogP contribution is -2.31. The Morgan fingerprint density at radius 3 is 2.82 bits per heavy atom. The maximum atomic E-state index is 13.6. The van der Waals surface area contributed by atoms with Gasteiger partial charge in [0, 0.05) is 12.6 Å². The molecule has 0 fully saturated rings. The number of hydrogen-bond acceptors (Lipinski definition) is 4. The predicted octanol–water partition coefficient (Wildman–Crippen LogP) is 1.64. The van der Waals surface area contributed by atoms with Crippen molar-refractivity contribution in [3.8, 4) is 0 Å². The van der Waals surface area contributed by atoms with Gasteiger partial charge in [-0.25, -0.2) is 13.6 Å². The monoisotopic (exact) mass is 311 g/mol. The number of nitrogens with zero attached hydrogens (tertiary/aromatic N) is 1. The van der Waals surface area contributed by atoms with Gasteiger partial charge in [0.25, 0.3) is 5.91 Å². The number of halogens is 2. The van der Waals surface area contributed by atoms with E-state index in [0.29, 0.717) is 18.4 Å². The average molecular weight is 311 g/mol. The Labute approximate surface area is 124 Å². The second-order valence-electron chi connectivity index (χ2n) is 4.87. The van der Waals surface area contributed by atoms with E-state index in [1.165, 1.54) is 12.1 Å². The number of aromatic nitrogens is 2. The molecule has 118 valence electrons. The van der Waals surface area contributed by atoms with Crippen molar-refractivity contribution in [2.24, 2.45) is 5.92 Å². The van der Waals surface area contributed by atoms with Gasteiger partial charge in [-0.15, -0.1) is 0 Å². The first-order valence-corrected chi connectivity index (χ1v) is 6.77. The largest absolute Gasteiger partial charge is 0.439 e. The quantitative estimate of drug-likeness (QED) is 0.849. The predicted molar refractivity (Wildman–Crippen MR) is 73.3 cm³/mol. The Morgan fingerprint density at radius 1 is 1.45 bits per heavy atom. The zero-order valence-corrected chi connectivity index (χ0v) is 11.9. The lowest BCUT2D eigenvalue weighted by Gasteiger charge is -2.15. The molecule has 0 aliphatic rings. The number of amides is 1. The average Bonchev–Trinajstić information content (AvgIpc) is 2.92. The number of hydrogen-bond donors (Lipinski definition) is 2. The van der Waals surface area contributed by atoms with E-state index in [2.05, 4.69) is 20.0 Å². The molecule has 6 nitrogen and oxygen atoms in total. The molecule has 2 N–H and O–H groups in total. The van der Waals surface area contributed by atoms with Crippen molar-refractivity contribution >= 4 is 5.91 Å². The van der Waals surface area contributed by atoms with Crippen molar-refractivity contribution in [1.82, 2.24) is 15.5 Å². The smallest absolute Gasteiger partial charge is 0.349 e. The molecular formula is C14H15F2N3O3. The van der Waals surface area contributed by atoms with Crippen LogP contribution in [-0.2, 0) is 6.42 Å². The molecule has 1 heterocycles. The number of benzene rings is 1. The molecule has 0 aliphatic heterocycles. The lowest BCUT2D eigenvalue weighted by atomic mass is 9.96. The highest BCUT2D eigenvalue weighted by atomic mass is 19.1. The van der Waals surface area contributed by atoms with Crippen LogP contribution in [0.25, 0.3) is 0 Å². The standard InChI is InChI=1S/C14H15F2N3O3/c1-2-8(5-9-3-4-10(15)6-11(9)16)7-17-13(20)12-18-14(21)22-19-12/h3-4,6,8H,2,5,7H2,1H3,(H,17,20)(H,18,19,21). The molecule has 0 saturated heterocycles. The second kappa shape index (κ2) is 6.97. The zero-order chi connectivity index (χ0) is 16.1. The molecule has 22 heavy (non-hydrogen) atoms. The van der Waals surface area contributed by atoms with Crippen LogP contribution < -0.4 is 11.1 Å². The Bertz CT molecular complexity index is 711. The van der Waals surface area contributed by atoms with Crippen LogP contribution in [0, 0.1) is 17.6 Å². The van der Waals surface area contributed by atoms with Crippen molar-refractivity contribution in [3.63, 3.8) is 0 Å². The van der Waals surface area contributed by atoms with E-state index in [-0.39, 0.29) is 18.3 Å². The summed E-state index contributed by atoms with van der Waals surface area (Å²) in [6.45, 7) is 2.16. The number of nitrogens with one attached hydrogen (secondary N) is 2. The summed E-state index contributed by atoms with van der Waals surface area (Å²) >= 11 is 0. The van der Waals surface area contributed by atoms with Crippen LogP contribution in [0.4, 0.5) is 8.78 Å². The number of carbonyl (C=O) groups excluding carboxylic acids is 1. The molecule has 0 saturated carbocycles. The van der Waals surface area contributed by atoms with E-state index in [0.717, 1.165) is 6.07 Å². The molecule has 1 unspecified atom stereocenters. The highest BCUT2D eigenvalue weighted by Crippen LogP contribution is 2.16. The molecule has 0 bridgehead atoms. The van der Waals surface area contributed by atoms with Crippen LogP contribution in [-0.4, -0.2) is 22.6 Å². The van der Waals surface area contributed by atoms with Gasteiger partial charge < -0.3 is 5.32 Å². The molecule has 8 heteroatoms. The van der Waals surface area contributed by atoms with Crippen molar-refractivity contribution in [3.05, 3.63) is 51.8 Å². The van der Waals surface area contributed by atoms with Crippen LogP contribution in [0.3, 0.4) is 0 Å². The maximum Gasteiger partial charge on any atom is 0.439 e. The third kappa shape index (κ3) is 4.00. The summed E-state index contributed by atoms with van der Waals surface area (Å²) in [5.41, 5.74) is 0.386. The van der Waals surface area contributed by atoms with Gasteiger partial charge in [-0.05, 0) is 29.1 Å². The first-order valence-electron chi connectivity index (χ1n) is 6.77. The Kier molecular flexibility index (Phi) is 5.03. The van der Waals surface area contributed by atoms with Gasteiger partial charge >= 0.3 is 5.76 Å². The van der Waals surface area contributed by atoms with Gasteiger partial charge in [0.05, 0.1) is 0 Å². The molecule has 2 rings (SSSR count). The highest BCUT2D eigenvalue weighted by Gasteiger charge is 2.15. The summed E-state index contributed by atoms with van der Waals surface area (Å²) in [6, 6.07) is 3.43. The first-order chi connectivity index (χ1) is 10.5. The normalized spacial score (nSPS) is 12.1. The van der Waals surface area contributed by atoms with E-state index in [1.54, 1.807) is 0 Å². The van der Waals surface area contributed by atoms with Crippen LogP contribution in [0.1, 0.15) is 29.5 Å². The van der Waals surface area contributed by atoms with E-state index in [9.17, 15) is 18.4 Å². The van der Waals surface area contributed by atoms with Gasteiger partial charge in [-0.2, -0.15) is 0 Å². The van der Waals surface area contributed by atoms with Gasteiger partial charge in [-0.3, -0.25) is 14.3 Å². The van der Waals surface area contributed by atoms with Crippen molar-refractivity contribution in [2.45, 2.75) is 19.8 Å². The molecule has 1 aromatic heterocycles. The van der Waals surface area contributed by atoms with E-state index in [4.69, 9.17) is 0 Å². The minimum absolute atomic E-state index is 0.0393. The summed E-state index contributed by atoms with van der Waals surface area (Å²) in [6.07, 6.45) is 1.05. The number of rotatable bonds is 6. The Balaban J connectivity index is 1.94. The highest BCUT2D eigenvalue weighted by molar-refractivity contribution is 5.90. The summed E-state index contributed by atoms with van der Waals surface area (Å²) in [7, 11) is 0. The Hall–Kier alpha value is -2.51. The number of carbonyl (C=O) groups is 1. The zero-order valence-electron chi connectivity index (χ0n) is 11.9. The molecule has 0 spiro atoms. The molecule has 1 atom stereocenters. The van der Waals surface area contributed by atoms with Crippen molar-refractivity contribution < 1.29 is 18.1 Å². The minimum atomic E-state index is -0.814. The van der Waals surface area contributed by atoms with Gasteiger partial charge in [0.15, 0.2) is 0 Å². The first kappa shape index (κ1) is 15.9.